The van der Waals surface area contributed by atoms with Crippen LogP contribution in [0.15, 0.2) is 40.3 Å². The molecule has 6 nitrogen and oxygen atoms in total. The molecule has 1 aromatic carbocycles. The van der Waals surface area contributed by atoms with E-state index >= 15 is 0 Å². The molecule has 0 unspecified atom stereocenters. The maximum Gasteiger partial charge on any atom is 0.263 e. The fourth-order valence-electron chi connectivity index (χ4n) is 2.58. The van der Waals surface area contributed by atoms with Crippen LogP contribution in [0, 0.1) is 0 Å². The van der Waals surface area contributed by atoms with Gasteiger partial charge in [0.25, 0.3) is 5.56 Å². The summed E-state index contributed by atoms with van der Waals surface area (Å²) in [7, 11) is 0. The molecule has 0 amide bonds. The zero-order valence-electron chi connectivity index (χ0n) is 12.7. The number of aromatic amines is 1. The molecule has 3 N–H and O–H groups in total. The van der Waals surface area contributed by atoms with Gasteiger partial charge in [-0.25, -0.2) is 0 Å². The molecule has 1 saturated heterocycles. The van der Waals surface area contributed by atoms with Crippen LogP contribution in [-0.2, 0) is 4.74 Å². The number of aromatic hydroxyl groups is 1. The average molecular weight is 334 g/mol. The van der Waals surface area contributed by atoms with Gasteiger partial charge in [-0.2, -0.15) is 4.98 Å². The van der Waals surface area contributed by atoms with Gasteiger partial charge in [-0.3, -0.25) is 4.79 Å². The van der Waals surface area contributed by atoms with Crippen molar-refractivity contribution in [3.8, 4) is 17.0 Å². The maximum atomic E-state index is 12.2. The molecule has 2 heterocycles. The summed E-state index contributed by atoms with van der Waals surface area (Å²) < 4.78 is 5.33. The number of nitrogens with zero attached hydrogens (tertiary/aromatic N) is 1. The molecule has 3 rings (SSSR count). The zero-order valence-corrected chi connectivity index (χ0v) is 13.6. The van der Waals surface area contributed by atoms with E-state index in [2.05, 4.69) is 9.97 Å². The fraction of sp³-hybridized carbons (Fsp3) is 0.375. The highest BCUT2D eigenvalue weighted by Crippen LogP contribution is 2.24. The van der Waals surface area contributed by atoms with Crippen LogP contribution in [-0.4, -0.2) is 53.7 Å². The molecule has 1 fully saturated rings. The zero-order chi connectivity index (χ0) is 16.1. The van der Waals surface area contributed by atoms with E-state index in [0.29, 0.717) is 10.7 Å². The fourth-order valence-corrected chi connectivity index (χ4v) is 3.48. The Bertz CT molecular complexity index is 699. The van der Waals surface area contributed by atoms with E-state index in [1.165, 1.54) is 16.7 Å². The molecule has 2 aromatic rings. The van der Waals surface area contributed by atoms with Gasteiger partial charge < -0.3 is 19.7 Å². The molecule has 0 aliphatic carbocycles. The number of aromatic nitrogens is 2. The summed E-state index contributed by atoms with van der Waals surface area (Å²) in [5.41, 5.74) is 0.562. The smallest absolute Gasteiger partial charge is 0.263 e. The Labute approximate surface area is 138 Å². The summed E-state index contributed by atoms with van der Waals surface area (Å²) in [5.74, 6) is 0.615. The van der Waals surface area contributed by atoms with E-state index in [0.717, 1.165) is 38.6 Å². The first-order valence-electron chi connectivity index (χ1n) is 7.67. The lowest BCUT2D eigenvalue weighted by Gasteiger charge is -2.23. The van der Waals surface area contributed by atoms with Gasteiger partial charge in [-0.1, -0.05) is 42.1 Å². The maximum absolute atomic E-state index is 12.2. The highest BCUT2D eigenvalue weighted by Gasteiger charge is 2.15. The molecule has 7 heteroatoms. The van der Waals surface area contributed by atoms with Crippen LogP contribution in [0.4, 0.5) is 0 Å². The molecule has 1 aromatic heterocycles. The molecule has 122 valence electrons. The quantitative estimate of drug-likeness (QED) is 0.536. The van der Waals surface area contributed by atoms with Crippen molar-refractivity contribution in [2.24, 2.45) is 0 Å². The van der Waals surface area contributed by atoms with Crippen molar-refractivity contribution < 1.29 is 14.7 Å². The Morgan fingerprint density at radius 2 is 2.00 bits per heavy atom. The number of nitrogens with one attached hydrogen (secondary N) is 2. The van der Waals surface area contributed by atoms with Gasteiger partial charge in [0.1, 0.15) is 18.7 Å². The van der Waals surface area contributed by atoms with Gasteiger partial charge in [0.05, 0.1) is 25.5 Å². The number of hydrogen-bond acceptors (Lipinski definition) is 5. The van der Waals surface area contributed by atoms with Crippen LogP contribution >= 0.6 is 11.8 Å². The summed E-state index contributed by atoms with van der Waals surface area (Å²) in [6, 6.07) is 9.06. The Kier molecular flexibility index (Phi) is 5.32. The first-order chi connectivity index (χ1) is 11.2. The number of quaternary nitrogens is 1. The number of ether oxygens (including phenoxy) is 1. The second-order valence-electron chi connectivity index (χ2n) is 5.40. The number of thioether (sulfide) groups is 1. The average Bonchev–Trinajstić information content (AvgIpc) is 2.56. The third-order valence-corrected chi connectivity index (χ3v) is 4.71. The van der Waals surface area contributed by atoms with E-state index in [-0.39, 0.29) is 17.0 Å². The van der Waals surface area contributed by atoms with Gasteiger partial charge in [0, 0.05) is 0 Å². The van der Waals surface area contributed by atoms with Crippen LogP contribution in [0.5, 0.6) is 5.88 Å². The third-order valence-electron chi connectivity index (χ3n) is 3.84. The number of hydrogen-bond donors (Lipinski definition) is 3. The van der Waals surface area contributed by atoms with E-state index in [1.54, 1.807) is 12.1 Å². The Balaban J connectivity index is 1.66. The predicted molar refractivity (Wildman–Crippen MR) is 89.1 cm³/mol. The Morgan fingerprint density at radius 1 is 1.26 bits per heavy atom. The second-order valence-corrected chi connectivity index (χ2v) is 6.48. The van der Waals surface area contributed by atoms with E-state index in [4.69, 9.17) is 4.74 Å². The van der Waals surface area contributed by atoms with E-state index < -0.39 is 0 Å². The van der Waals surface area contributed by atoms with Gasteiger partial charge >= 0.3 is 0 Å². The minimum Gasteiger partial charge on any atom is -0.493 e. The standard InChI is InChI=1S/C16H19N3O3S/c20-14-13(12-4-2-1-3-5-12)15(21)18-16(17-14)23-11-8-19-6-9-22-10-7-19/h1-5H,6-11H2,(H2,17,18,20,21)/p+1. The highest BCUT2D eigenvalue weighted by molar-refractivity contribution is 7.99. The summed E-state index contributed by atoms with van der Waals surface area (Å²) in [6.07, 6.45) is 0. The van der Waals surface area contributed by atoms with E-state index in [1.807, 2.05) is 18.2 Å². The van der Waals surface area contributed by atoms with Crippen LogP contribution in [0.2, 0.25) is 0 Å². The Hall–Kier alpha value is -1.83. The molecule has 1 aliphatic rings. The van der Waals surface area contributed by atoms with Crippen LogP contribution < -0.4 is 10.5 Å². The van der Waals surface area contributed by atoms with Gasteiger partial charge in [0.15, 0.2) is 5.16 Å². The van der Waals surface area contributed by atoms with E-state index in [9.17, 15) is 9.90 Å². The van der Waals surface area contributed by atoms with Gasteiger partial charge in [0.2, 0.25) is 5.88 Å². The summed E-state index contributed by atoms with van der Waals surface area (Å²) in [5, 5.41) is 10.6. The predicted octanol–water partition coefficient (Wildman–Crippen LogP) is 0.150. The molecule has 0 bridgehead atoms. The minimum absolute atomic E-state index is 0.216. The number of H-pyrrole nitrogens is 1. The minimum atomic E-state index is -0.315. The Morgan fingerprint density at radius 3 is 2.70 bits per heavy atom. The van der Waals surface area contributed by atoms with Crippen molar-refractivity contribution in [2.75, 3.05) is 38.6 Å². The SMILES string of the molecule is O=c1[nH]c(SCC[NH+]2CCOCC2)nc(O)c1-c1ccccc1. The lowest BCUT2D eigenvalue weighted by Crippen LogP contribution is -3.14. The number of rotatable bonds is 5. The molecule has 1 aliphatic heterocycles. The van der Waals surface area contributed by atoms with Crippen molar-refractivity contribution in [1.29, 1.82) is 0 Å². The summed E-state index contributed by atoms with van der Waals surface area (Å²) in [4.78, 5) is 20.6. The van der Waals surface area contributed by atoms with Crippen molar-refractivity contribution >= 4 is 11.8 Å². The molecule has 0 spiro atoms. The molecule has 0 atom stereocenters. The molecular weight excluding hydrogens is 314 g/mol. The van der Waals surface area contributed by atoms with Crippen molar-refractivity contribution in [3.63, 3.8) is 0 Å². The largest absolute Gasteiger partial charge is 0.493 e. The third kappa shape index (κ3) is 4.13. The van der Waals surface area contributed by atoms with Crippen molar-refractivity contribution in [3.05, 3.63) is 40.7 Å². The van der Waals surface area contributed by atoms with Crippen molar-refractivity contribution in [1.82, 2.24) is 9.97 Å². The first-order valence-corrected chi connectivity index (χ1v) is 8.65. The molecule has 23 heavy (non-hydrogen) atoms. The lowest BCUT2D eigenvalue weighted by molar-refractivity contribution is -0.905. The van der Waals surface area contributed by atoms with Gasteiger partial charge in [-0.15, -0.1) is 0 Å². The van der Waals surface area contributed by atoms with Crippen molar-refractivity contribution in [2.45, 2.75) is 5.16 Å². The number of benzene rings is 1. The number of morpholine rings is 1. The normalized spacial score (nSPS) is 15.7. The summed E-state index contributed by atoms with van der Waals surface area (Å²) in [6.45, 7) is 4.63. The second kappa shape index (κ2) is 7.63. The summed E-state index contributed by atoms with van der Waals surface area (Å²) >= 11 is 1.46. The van der Waals surface area contributed by atoms with Crippen LogP contribution in [0.25, 0.3) is 11.1 Å². The van der Waals surface area contributed by atoms with Crippen LogP contribution in [0.1, 0.15) is 0 Å². The topological polar surface area (TPSA) is 79.7 Å². The lowest BCUT2D eigenvalue weighted by atomic mass is 10.1. The van der Waals surface area contributed by atoms with Crippen LogP contribution in [0.3, 0.4) is 0 Å². The first kappa shape index (κ1) is 16.0. The molecule has 0 saturated carbocycles. The highest BCUT2D eigenvalue weighted by atomic mass is 32.2. The molecular formula is C16H20N3O3S+. The monoisotopic (exact) mass is 334 g/mol. The molecule has 0 radical (unpaired) electrons. The van der Waals surface area contributed by atoms with Gasteiger partial charge in [-0.05, 0) is 5.56 Å².